The molecular weight excluding hydrogens is 100 g/mol. The predicted molar refractivity (Wildman–Crippen MR) is 33.4 cm³/mol. The molecule has 0 spiro atoms. The monoisotopic (exact) mass is 108 g/mol. The van der Waals surface area contributed by atoms with Gasteiger partial charge in [0.2, 0.25) is 0 Å². The maximum atomic E-state index is 8.94. The van der Waals surface area contributed by atoms with E-state index in [1.807, 2.05) is 6.08 Å². The number of aliphatic hydroxyl groups is 1. The molecule has 1 rings (SSSR count). The first-order chi connectivity index (χ1) is 3.80. The molecule has 1 N–H and O–H groups in total. The van der Waals surface area contributed by atoms with Crippen LogP contribution < -0.4 is 0 Å². The van der Waals surface area contributed by atoms with Gasteiger partial charge in [0.05, 0.1) is 6.10 Å². The quantitative estimate of drug-likeness (QED) is 0.491. The summed E-state index contributed by atoms with van der Waals surface area (Å²) in [6.45, 7) is 3.61. The van der Waals surface area contributed by atoms with Crippen LogP contribution in [0.2, 0.25) is 0 Å². The first kappa shape index (κ1) is 5.32. The first-order valence-electron chi connectivity index (χ1n) is 2.52. The highest BCUT2D eigenvalue weighted by atomic mass is 16.3. The third-order valence-electron chi connectivity index (χ3n) is 1.09. The Kier molecular flexibility index (Phi) is 1.31. The van der Waals surface area contributed by atoms with Crippen molar-refractivity contribution in [3.8, 4) is 0 Å². The van der Waals surface area contributed by atoms with Crippen LogP contribution in [0, 0.1) is 0 Å². The first-order valence-corrected chi connectivity index (χ1v) is 2.52. The second-order valence-electron chi connectivity index (χ2n) is 1.76. The van der Waals surface area contributed by atoms with Crippen molar-refractivity contribution in [1.29, 1.82) is 0 Å². The zero-order chi connectivity index (χ0) is 5.98. The molecule has 1 heteroatoms. The molecule has 0 saturated heterocycles. The summed E-state index contributed by atoms with van der Waals surface area (Å²) in [5.74, 6) is 0. The second kappa shape index (κ2) is 1.97. The molecule has 42 valence electrons. The van der Waals surface area contributed by atoms with E-state index in [0.717, 1.165) is 5.57 Å². The van der Waals surface area contributed by atoms with E-state index in [0.29, 0.717) is 0 Å². The Morgan fingerprint density at radius 1 is 1.50 bits per heavy atom. The zero-order valence-electron chi connectivity index (χ0n) is 4.54. The molecule has 0 aromatic heterocycles. The molecule has 0 fully saturated rings. The Bertz CT molecular complexity index is 154. The van der Waals surface area contributed by atoms with Crippen molar-refractivity contribution in [3.63, 3.8) is 0 Å². The van der Waals surface area contributed by atoms with Gasteiger partial charge in [-0.15, -0.1) is 0 Å². The van der Waals surface area contributed by atoms with E-state index in [9.17, 15) is 0 Å². The minimum atomic E-state index is -0.458. The molecule has 0 aliphatic heterocycles. The number of hydrogen-bond donors (Lipinski definition) is 1. The highest BCUT2D eigenvalue weighted by Gasteiger charge is 2.01. The Balaban J connectivity index is 2.74. The number of allylic oxidation sites excluding steroid dienone is 2. The normalized spacial score (nSPS) is 26.6. The summed E-state index contributed by atoms with van der Waals surface area (Å²) in [6, 6.07) is 0. The number of rotatable bonds is 0. The van der Waals surface area contributed by atoms with Gasteiger partial charge in [0.1, 0.15) is 0 Å². The van der Waals surface area contributed by atoms with Crippen molar-refractivity contribution < 1.29 is 5.11 Å². The van der Waals surface area contributed by atoms with E-state index in [1.54, 1.807) is 18.2 Å². The molecule has 0 amide bonds. The van der Waals surface area contributed by atoms with Gasteiger partial charge in [-0.1, -0.05) is 30.9 Å². The van der Waals surface area contributed by atoms with Crippen LogP contribution in [0.15, 0.2) is 36.5 Å². The summed E-state index contributed by atoms with van der Waals surface area (Å²) in [5.41, 5.74) is 0.757. The van der Waals surface area contributed by atoms with E-state index < -0.39 is 6.10 Å². The summed E-state index contributed by atoms with van der Waals surface area (Å²) in [7, 11) is 0. The van der Waals surface area contributed by atoms with Gasteiger partial charge in [-0.05, 0) is 5.57 Å². The Hall–Kier alpha value is -0.820. The Labute approximate surface area is 48.6 Å². The zero-order valence-corrected chi connectivity index (χ0v) is 4.54. The molecule has 1 nitrogen and oxygen atoms in total. The molecule has 0 bridgehead atoms. The largest absolute Gasteiger partial charge is 0.384 e. The fourth-order valence-corrected chi connectivity index (χ4v) is 0.571. The van der Waals surface area contributed by atoms with Gasteiger partial charge < -0.3 is 5.11 Å². The molecule has 1 atom stereocenters. The standard InChI is InChI=1S/C7H8O/c1-6-4-2-3-5-7(6)8/h2-5,7-8H,1H2. The van der Waals surface area contributed by atoms with Crippen LogP contribution >= 0.6 is 0 Å². The fourth-order valence-electron chi connectivity index (χ4n) is 0.571. The van der Waals surface area contributed by atoms with Gasteiger partial charge in [-0.25, -0.2) is 0 Å². The molecule has 1 unspecified atom stereocenters. The maximum Gasteiger partial charge on any atom is 0.0969 e. The number of hydrogen-bond acceptors (Lipinski definition) is 1. The van der Waals surface area contributed by atoms with Crippen LogP contribution in [0.1, 0.15) is 0 Å². The van der Waals surface area contributed by atoms with Crippen LogP contribution in [0.4, 0.5) is 0 Å². The van der Waals surface area contributed by atoms with Gasteiger partial charge in [0, 0.05) is 0 Å². The van der Waals surface area contributed by atoms with Crippen LogP contribution in [-0.2, 0) is 0 Å². The second-order valence-corrected chi connectivity index (χ2v) is 1.76. The van der Waals surface area contributed by atoms with Crippen molar-refractivity contribution in [2.45, 2.75) is 6.10 Å². The van der Waals surface area contributed by atoms with Crippen molar-refractivity contribution in [2.24, 2.45) is 0 Å². The summed E-state index contributed by atoms with van der Waals surface area (Å²) in [4.78, 5) is 0. The minimum absolute atomic E-state index is 0.458. The van der Waals surface area contributed by atoms with E-state index >= 15 is 0 Å². The Morgan fingerprint density at radius 3 is 2.62 bits per heavy atom. The predicted octanol–water partition coefficient (Wildman–Crippen LogP) is 1.03. The molecule has 0 aromatic carbocycles. The summed E-state index contributed by atoms with van der Waals surface area (Å²) in [6.07, 6.45) is 6.70. The van der Waals surface area contributed by atoms with Crippen LogP contribution in [0.25, 0.3) is 0 Å². The molecule has 8 heavy (non-hydrogen) atoms. The molecular formula is C7H8O. The molecule has 1 aliphatic carbocycles. The third kappa shape index (κ3) is 0.873. The fraction of sp³-hybridized carbons (Fsp3) is 0.143. The molecule has 0 heterocycles. The third-order valence-corrected chi connectivity index (χ3v) is 1.09. The lowest BCUT2D eigenvalue weighted by Gasteiger charge is -2.06. The van der Waals surface area contributed by atoms with Gasteiger partial charge >= 0.3 is 0 Å². The van der Waals surface area contributed by atoms with Crippen molar-refractivity contribution >= 4 is 0 Å². The van der Waals surface area contributed by atoms with E-state index in [-0.39, 0.29) is 0 Å². The lowest BCUT2D eigenvalue weighted by Crippen LogP contribution is -2.04. The molecule has 0 aromatic rings. The summed E-state index contributed by atoms with van der Waals surface area (Å²) < 4.78 is 0. The smallest absolute Gasteiger partial charge is 0.0969 e. The molecule has 0 saturated carbocycles. The average Bonchev–Trinajstić information content (AvgIpc) is 1.77. The van der Waals surface area contributed by atoms with Gasteiger partial charge in [-0.2, -0.15) is 0 Å². The minimum Gasteiger partial charge on any atom is -0.384 e. The molecule has 0 radical (unpaired) electrons. The number of aliphatic hydroxyl groups excluding tert-OH is 1. The van der Waals surface area contributed by atoms with Crippen molar-refractivity contribution in [1.82, 2.24) is 0 Å². The maximum absolute atomic E-state index is 8.94. The summed E-state index contributed by atoms with van der Waals surface area (Å²) in [5, 5.41) is 8.94. The van der Waals surface area contributed by atoms with Crippen molar-refractivity contribution in [3.05, 3.63) is 36.5 Å². The molecule has 1 aliphatic rings. The lowest BCUT2D eigenvalue weighted by atomic mass is 10.1. The average molecular weight is 108 g/mol. The van der Waals surface area contributed by atoms with Gasteiger partial charge in [-0.3, -0.25) is 0 Å². The van der Waals surface area contributed by atoms with E-state index in [2.05, 4.69) is 6.58 Å². The van der Waals surface area contributed by atoms with E-state index in [4.69, 9.17) is 5.11 Å². The van der Waals surface area contributed by atoms with Crippen LogP contribution in [-0.4, -0.2) is 11.2 Å². The van der Waals surface area contributed by atoms with Gasteiger partial charge in [0.15, 0.2) is 0 Å². The van der Waals surface area contributed by atoms with Crippen LogP contribution in [0.5, 0.6) is 0 Å². The topological polar surface area (TPSA) is 20.2 Å². The highest BCUT2D eigenvalue weighted by molar-refractivity contribution is 5.31. The van der Waals surface area contributed by atoms with Crippen LogP contribution in [0.3, 0.4) is 0 Å². The Morgan fingerprint density at radius 2 is 2.25 bits per heavy atom. The highest BCUT2D eigenvalue weighted by Crippen LogP contribution is 2.07. The van der Waals surface area contributed by atoms with Crippen molar-refractivity contribution in [2.75, 3.05) is 0 Å². The van der Waals surface area contributed by atoms with E-state index in [1.165, 1.54) is 0 Å². The lowest BCUT2D eigenvalue weighted by molar-refractivity contribution is 0.262. The van der Waals surface area contributed by atoms with Gasteiger partial charge in [0.25, 0.3) is 0 Å². The SMILES string of the molecule is C=C1C=CC=CC1O. The summed E-state index contributed by atoms with van der Waals surface area (Å²) >= 11 is 0.